The Balaban J connectivity index is 3.23. The minimum Gasteiger partial charge on any atom is -0.243 e. The highest BCUT2D eigenvalue weighted by Gasteiger charge is 2.20. The van der Waals surface area contributed by atoms with Crippen molar-refractivity contribution in [1.29, 1.82) is 0 Å². The summed E-state index contributed by atoms with van der Waals surface area (Å²) in [7, 11) is -1.89. The number of hydrogen-bond donors (Lipinski definition) is 0. The molecule has 0 aliphatic carbocycles. The van der Waals surface area contributed by atoms with E-state index < -0.39 is 10.0 Å². The maximum absolute atomic E-state index is 11.9. The largest absolute Gasteiger partial charge is 0.244 e. The van der Waals surface area contributed by atoms with Crippen molar-refractivity contribution >= 4 is 21.6 Å². The highest BCUT2D eigenvalue weighted by atomic mass is 35.5. The molecule has 15 heavy (non-hydrogen) atoms. The van der Waals surface area contributed by atoms with E-state index in [0.717, 1.165) is 0 Å². The molecule has 1 heterocycles. The molecule has 0 saturated carbocycles. The van der Waals surface area contributed by atoms with E-state index >= 15 is 0 Å². The van der Waals surface area contributed by atoms with Gasteiger partial charge in [-0.15, -0.1) is 0 Å². The Morgan fingerprint density at radius 1 is 1.53 bits per heavy atom. The molecule has 1 rings (SSSR count). The molecule has 0 aromatic carbocycles. The van der Waals surface area contributed by atoms with Gasteiger partial charge in [0.25, 0.3) is 0 Å². The minimum absolute atomic E-state index is 0.175. The van der Waals surface area contributed by atoms with Gasteiger partial charge in [-0.05, 0) is 18.6 Å². The van der Waals surface area contributed by atoms with Gasteiger partial charge < -0.3 is 0 Å². The number of hydrogen-bond acceptors (Lipinski definition) is 3. The summed E-state index contributed by atoms with van der Waals surface area (Å²) in [5.41, 5.74) is 0.655. The molecular formula is C9H13ClN2O2S. The fraction of sp³-hybridized carbons (Fsp3) is 0.444. The third kappa shape index (κ3) is 2.48. The van der Waals surface area contributed by atoms with Crippen LogP contribution in [-0.2, 0) is 10.0 Å². The summed E-state index contributed by atoms with van der Waals surface area (Å²) in [4.78, 5) is 4.00. The van der Waals surface area contributed by atoms with Crippen LogP contribution in [-0.4, -0.2) is 31.3 Å². The minimum atomic E-state index is -3.42. The number of aryl methyl sites for hydroxylation is 1. The zero-order chi connectivity index (χ0) is 11.6. The molecule has 0 aliphatic heterocycles. The van der Waals surface area contributed by atoms with Crippen LogP contribution >= 0.6 is 11.6 Å². The summed E-state index contributed by atoms with van der Waals surface area (Å²) in [6.07, 6.45) is 1.27. The van der Waals surface area contributed by atoms with Crippen molar-refractivity contribution in [3.63, 3.8) is 0 Å². The Morgan fingerprint density at radius 2 is 2.13 bits per heavy atom. The molecular weight excluding hydrogens is 236 g/mol. The van der Waals surface area contributed by atoms with E-state index in [1.807, 2.05) is 0 Å². The quantitative estimate of drug-likeness (QED) is 0.765. The first-order valence-corrected chi connectivity index (χ1v) is 6.30. The number of sulfonamides is 1. The lowest BCUT2D eigenvalue weighted by Gasteiger charge is -2.14. The Labute approximate surface area is 94.9 Å². The third-order valence-corrected chi connectivity index (χ3v) is 4.44. The van der Waals surface area contributed by atoms with Gasteiger partial charge in [0.1, 0.15) is 10.0 Å². The molecule has 1 aromatic rings. The second-order valence-electron chi connectivity index (χ2n) is 3.20. The van der Waals surface area contributed by atoms with Gasteiger partial charge >= 0.3 is 0 Å². The van der Waals surface area contributed by atoms with Gasteiger partial charge in [-0.25, -0.2) is 17.7 Å². The van der Waals surface area contributed by atoms with Gasteiger partial charge in [0.15, 0.2) is 0 Å². The smallest absolute Gasteiger partial charge is 0.243 e. The summed E-state index contributed by atoms with van der Waals surface area (Å²) in [5, 5.41) is 0.327. The fourth-order valence-corrected chi connectivity index (χ4v) is 2.34. The number of aromatic nitrogens is 1. The van der Waals surface area contributed by atoms with E-state index in [-0.39, 0.29) is 4.90 Å². The van der Waals surface area contributed by atoms with Crippen molar-refractivity contribution in [2.24, 2.45) is 0 Å². The first-order valence-electron chi connectivity index (χ1n) is 4.48. The molecule has 4 nitrogen and oxygen atoms in total. The zero-order valence-corrected chi connectivity index (χ0v) is 10.4. The van der Waals surface area contributed by atoms with E-state index in [9.17, 15) is 8.42 Å². The highest BCUT2D eigenvalue weighted by Crippen LogP contribution is 2.18. The summed E-state index contributed by atoms with van der Waals surface area (Å²) >= 11 is 5.72. The first kappa shape index (κ1) is 12.4. The van der Waals surface area contributed by atoms with Crippen molar-refractivity contribution in [3.05, 3.63) is 23.0 Å². The molecule has 0 fully saturated rings. The number of halogens is 1. The van der Waals surface area contributed by atoms with E-state index in [1.165, 1.54) is 23.6 Å². The van der Waals surface area contributed by atoms with Crippen molar-refractivity contribution in [1.82, 2.24) is 9.29 Å². The van der Waals surface area contributed by atoms with Crippen LogP contribution in [0.5, 0.6) is 0 Å². The standard InChI is InChI=1S/C9H13ClN2O2S/c1-4-12(3)15(13,14)8-5-7(2)9(10)11-6-8/h5-6H,4H2,1-3H3. The summed E-state index contributed by atoms with van der Waals surface area (Å²) in [6, 6.07) is 1.52. The molecule has 84 valence electrons. The lowest BCUT2D eigenvalue weighted by atomic mass is 10.3. The van der Waals surface area contributed by atoms with Crippen LogP contribution in [0.4, 0.5) is 0 Å². The summed E-state index contributed by atoms with van der Waals surface area (Å²) < 4.78 is 25.0. The lowest BCUT2D eigenvalue weighted by Crippen LogP contribution is -2.26. The van der Waals surface area contributed by atoms with E-state index in [2.05, 4.69) is 4.98 Å². The summed E-state index contributed by atoms with van der Waals surface area (Å²) in [6.45, 7) is 3.91. The maximum Gasteiger partial charge on any atom is 0.244 e. The molecule has 0 unspecified atom stereocenters. The van der Waals surface area contributed by atoms with Crippen LogP contribution in [0.25, 0.3) is 0 Å². The second kappa shape index (κ2) is 4.47. The summed E-state index contributed by atoms with van der Waals surface area (Å²) in [5.74, 6) is 0. The normalized spacial score (nSPS) is 12.1. The van der Waals surface area contributed by atoms with Gasteiger partial charge in [0.2, 0.25) is 10.0 Å². The topological polar surface area (TPSA) is 50.3 Å². The van der Waals surface area contributed by atoms with Crippen molar-refractivity contribution in [2.75, 3.05) is 13.6 Å². The van der Waals surface area contributed by atoms with E-state index in [1.54, 1.807) is 13.8 Å². The van der Waals surface area contributed by atoms with E-state index in [4.69, 9.17) is 11.6 Å². The molecule has 0 spiro atoms. The van der Waals surface area contributed by atoms with Crippen LogP contribution in [0.1, 0.15) is 12.5 Å². The number of pyridine rings is 1. The first-order chi connectivity index (χ1) is 6.89. The molecule has 0 N–H and O–H groups in total. The highest BCUT2D eigenvalue weighted by molar-refractivity contribution is 7.89. The Bertz CT molecular complexity index is 459. The van der Waals surface area contributed by atoms with Crippen LogP contribution in [0, 0.1) is 6.92 Å². The Kier molecular flexibility index (Phi) is 3.70. The number of nitrogens with zero attached hydrogens (tertiary/aromatic N) is 2. The molecule has 0 atom stereocenters. The predicted molar refractivity (Wildman–Crippen MR) is 59.5 cm³/mol. The second-order valence-corrected chi connectivity index (χ2v) is 5.60. The van der Waals surface area contributed by atoms with Crippen LogP contribution in [0.2, 0.25) is 5.15 Å². The van der Waals surface area contributed by atoms with E-state index in [0.29, 0.717) is 17.3 Å². The van der Waals surface area contributed by atoms with Crippen molar-refractivity contribution in [2.45, 2.75) is 18.7 Å². The molecule has 0 saturated heterocycles. The monoisotopic (exact) mass is 248 g/mol. The van der Waals surface area contributed by atoms with Gasteiger partial charge in [0.05, 0.1) is 0 Å². The molecule has 1 aromatic heterocycles. The average Bonchev–Trinajstić information content (AvgIpc) is 2.20. The molecule has 6 heteroatoms. The van der Waals surface area contributed by atoms with Crippen molar-refractivity contribution < 1.29 is 8.42 Å². The molecule has 0 aliphatic rings. The molecule has 0 amide bonds. The predicted octanol–water partition coefficient (Wildman–Crippen LogP) is 1.68. The van der Waals surface area contributed by atoms with Crippen molar-refractivity contribution in [3.8, 4) is 0 Å². The SMILES string of the molecule is CCN(C)S(=O)(=O)c1cnc(Cl)c(C)c1. The fourth-order valence-electron chi connectivity index (χ4n) is 1.02. The average molecular weight is 249 g/mol. The van der Waals surface area contributed by atoms with Gasteiger partial charge in [-0.3, -0.25) is 0 Å². The molecule has 0 bridgehead atoms. The zero-order valence-electron chi connectivity index (χ0n) is 8.86. The van der Waals surface area contributed by atoms with Gasteiger partial charge in [-0.1, -0.05) is 18.5 Å². The van der Waals surface area contributed by atoms with Crippen LogP contribution in [0.15, 0.2) is 17.2 Å². The Hall–Kier alpha value is -0.650. The number of rotatable bonds is 3. The molecule has 0 radical (unpaired) electrons. The third-order valence-electron chi connectivity index (χ3n) is 2.14. The van der Waals surface area contributed by atoms with Gasteiger partial charge in [0, 0.05) is 19.8 Å². The Morgan fingerprint density at radius 3 is 2.60 bits per heavy atom. The lowest BCUT2D eigenvalue weighted by molar-refractivity contribution is 0.486. The van der Waals surface area contributed by atoms with Gasteiger partial charge in [-0.2, -0.15) is 0 Å². The van der Waals surface area contributed by atoms with Crippen LogP contribution < -0.4 is 0 Å². The maximum atomic E-state index is 11.9. The van der Waals surface area contributed by atoms with Crippen LogP contribution in [0.3, 0.4) is 0 Å².